The number of rotatable bonds is 4. The Morgan fingerprint density at radius 3 is 2.89 bits per heavy atom. The van der Waals surface area contributed by atoms with Crippen molar-refractivity contribution < 1.29 is 14.6 Å². The molecule has 18 heavy (non-hydrogen) atoms. The molecule has 4 nitrogen and oxygen atoms in total. The van der Waals surface area contributed by atoms with E-state index in [1.807, 2.05) is 12.1 Å². The minimum absolute atomic E-state index is 0.117. The summed E-state index contributed by atoms with van der Waals surface area (Å²) in [5, 5.41) is 8.98. The predicted molar refractivity (Wildman–Crippen MR) is 68.3 cm³/mol. The molecule has 0 aromatic heterocycles. The number of ether oxygens (including phenoxy) is 1. The van der Waals surface area contributed by atoms with Gasteiger partial charge in [0, 0.05) is 6.54 Å². The minimum atomic E-state index is -0.384. The van der Waals surface area contributed by atoms with Crippen molar-refractivity contribution in [3.05, 3.63) is 35.4 Å². The molecule has 1 fully saturated rings. The average molecular weight is 249 g/mol. The van der Waals surface area contributed by atoms with E-state index < -0.39 is 0 Å². The highest BCUT2D eigenvalue weighted by Crippen LogP contribution is 2.19. The number of cyclic esters (lactones) is 1. The molecule has 0 bridgehead atoms. The van der Waals surface area contributed by atoms with Crippen LogP contribution >= 0.6 is 0 Å². The largest absolute Gasteiger partial charge is 0.442 e. The second-order valence-corrected chi connectivity index (χ2v) is 4.97. The Morgan fingerprint density at radius 2 is 2.28 bits per heavy atom. The standard InChI is InChI=1S/C14H19NO3/c1-10(2)12-5-3-4-11(6-12)7-15-8-13(9-16)18-14(15)17/h3-6,10,13,16H,7-9H2,1-2H3/t13-/m1/s1. The van der Waals surface area contributed by atoms with Gasteiger partial charge in [-0.15, -0.1) is 0 Å². The van der Waals surface area contributed by atoms with Crippen molar-refractivity contribution >= 4 is 6.09 Å². The van der Waals surface area contributed by atoms with Crippen LogP contribution in [0.2, 0.25) is 0 Å². The first-order chi connectivity index (χ1) is 8.60. The van der Waals surface area contributed by atoms with Crippen LogP contribution in [-0.2, 0) is 11.3 Å². The Labute approximate surface area is 107 Å². The van der Waals surface area contributed by atoms with Gasteiger partial charge < -0.3 is 14.7 Å². The number of aliphatic hydroxyl groups excluding tert-OH is 1. The second-order valence-electron chi connectivity index (χ2n) is 4.97. The summed E-state index contributed by atoms with van der Waals surface area (Å²) in [4.78, 5) is 13.2. The van der Waals surface area contributed by atoms with E-state index in [1.54, 1.807) is 4.90 Å². The molecule has 0 unspecified atom stereocenters. The number of amides is 1. The Hall–Kier alpha value is -1.55. The maximum atomic E-state index is 11.6. The van der Waals surface area contributed by atoms with Crippen LogP contribution in [0.5, 0.6) is 0 Å². The lowest BCUT2D eigenvalue weighted by atomic mass is 10.0. The quantitative estimate of drug-likeness (QED) is 0.889. The molecule has 1 heterocycles. The predicted octanol–water partition coefficient (Wildman–Crippen LogP) is 2.12. The number of hydrogen-bond acceptors (Lipinski definition) is 3. The molecule has 0 radical (unpaired) electrons. The first kappa shape index (κ1) is 12.9. The number of aliphatic hydroxyl groups is 1. The van der Waals surface area contributed by atoms with Crippen LogP contribution in [0.3, 0.4) is 0 Å². The summed E-state index contributed by atoms with van der Waals surface area (Å²) in [5.41, 5.74) is 2.36. The van der Waals surface area contributed by atoms with Crippen molar-refractivity contribution in [2.45, 2.75) is 32.4 Å². The van der Waals surface area contributed by atoms with Crippen LogP contribution in [0.4, 0.5) is 4.79 Å². The number of benzene rings is 1. The molecule has 98 valence electrons. The van der Waals surface area contributed by atoms with Gasteiger partial charge in [-0.3, -0.25) is 0 Å². The molecule has 1 atom stereocenters. The average Bonchev–Trinajstić information content (AvgIpc) is 2.70. The molecule has 1 aliphatic heterocycles. The summed E-state index contributed by atoms with van der Waals surface area (Å²) < 4.78 is 5.01. The van der Waals surface area contributed by atoms with Crippen molar-refractivity contribution in [3.8, 4) is 0 Å². The van der Waals surface area contributed by atoms with Gasteiger partial charge in [-0.05, 0) is 17.0 Å². The van der Waals surface area contributed by atoms with E-state index in [0.717, 1.165) is 5.56 Å². The maximum absolute atomic E-state index is 11.6. The minimum Gasteiger partial charge on any atom is -0.442 e. The topological polar surface area (TPSA) is 49.8 Å². The highest BCUT2D eigenvalue weighted by molar-refractivity contribution is 5.69. The first-order valence-electron chi connectivity index (χ1n) is 6.25. The van der Waals surface area contributed by atoms with Gasteiger partial charge in [0.15, 0.2) is 0 Å². The van der Waals surface area contributed by atoms with E-state index in [0.29, 0.717) is 19.0 Å². The van der Waals surface area contributed by atoms with Gasteiger partial charge in [-0.2, -0.15) is 0 Å². The Balaban J connectivity index is 2.05. The number of hydrogen-bond donors (Lipinski definition) is 1. The molecule has 1 saturated heterocycles. The summed E-state index contributed by atoms with van der Waals surface area (Å²) in [6, 6.07) is 8.22. The zero-order chi connectivity index (χ0) is 13.1. The van der Waals surface area contributed by atoms with Crippen molar-refractivity contribution in [3.63, 3.8) is 0 Å². The number of carbonyl (C=O) groups is 1. The van der Waals surface area contributed by atoms with Crippen LogP contribution in [-0.4, -0.2) is 35.4 Å². The normalized spacial score (nSPS) is 19.4. The molecule has 0 aliphatic carbocycles. The van der Waals surface area contributed by atoms with Gasteiger partial charge in [-0.1, -0.05) is 38.1 Å². The molecule has 1 aliphatic rings. The van der Waals surface area contributed by atoms with Crippen LogP contribution in [0.1, 0.15) is 30.9 Å². The Kier molecular flexibility index (Phi) is 3.87. The van der Waals surface area contributed by atoms with Crippen molar-refractivity contribution in [1.82, 2.24) is 4.90 Å². The van der Waals surface area contributed by atoms with Crippen LogP contribution in [0, 0.1) is 0 Å². The number of carbonyl (C=O) groups excluding carboxylic acids is 1. The molecule has 2 rings (SSSR count). The Bertz CT molecular complexity index is 431. The first-order valence-corrected chi connectivity index (χ1v) is 6.25. The molecule has 1 aromatic carbocycles. The summed E-state index contributed by atoms with van der Waals surface area (Å²) in [5.74, 6) is 0.473. The third-order valence-electron chi connectivity index (χ3n) is 3.14. The number of nitrogens with zero attached hydrogens (tertiary/aromatic N) is 1. The van der Waals surface area contributed by atoms with E-state index in [4.69, 9.17) is 9.84 Å². The molecular formula is C14H19NO3. The Morgan fingerprint density at radius 1 is 1.50 bits per heavy atom. The van der Waals surface area contributed by atoms with Gasteiger partial charge >= 0.3 is 6.09 Å². The van der Waals surface area contributed by atoms with Crippen molar-refractivity contribution in [2.75, 3.05) is 13.2 Å². The van der Waals surface area contributed by atoms with Crippen molar-refractivity contribution in [2.24, 2.45) is 0 Å². The second kappa shape index (κ2) is 5.40. The molecule has 0 saturated carbocycles. The smallest absolute Gasteiger partial charge is 0.410 e. The molecular weight excluding hydrogens is 230 g/mol. The fourth-order valence-electron chi connectivity index (χ4n) is 2.07. The van der Waals surface area contributed by atoms with Gasteiger partial charge in [0.05, 0.1) is 13.2 Å². The van der Waals surface area contributed by atoms with Gasteiger partial charge in [0.25, 0.3) is 0 Å². The van der Waals surface area contributed by atoms with Crippen LogP contribution in [0.15, 0.2) is 24.3 Å². The lowest BCUT2D eigenvalue weighted by molar-refractivity contribution is 0.0947. The zero-order valence-corrected chi connectivity index (χ0v) is 10.8. The van der Waals surface area contributed by atoms with E-state index >= 15 is 0 Å². The van der Waals surface area contributed by atoms with E-state index in [1.165, 1.54) is 5.56 Å². The van der Waals surface area contributed by atoms with E-state index in [-0.39, 0.29) is 18.8 Å². The maximum Gasteiger partial charge on any atom is 0.410 e. The third-order valence-corrected chi connectivity index (χ3v) is 3.14. The molecule has 4 heteroatoms. The molecule has 1 N–H and O–H groups in total. The third kappa shape index (κ3) is 2.82. The lowest BCUT2D eigenvalue weighted by Gasteiger charge is -2.14. The monoisotopic (exact) mass is 249 g/mol. The van der Waals surface area contributed by atoms with Gasteiger partial charge in [-0.25, -0.2) is 4.79 Å². The zero-order valence-electron chi connectivity index (χ0n) is 10.8. The summed E-state index contributed by atoms with van der Waals surface area (Å²) >= 11 is 0. The van der Waals surface area contributed by atoms with Crippen LogP contribution < -0.4 is 0 Å². The van der Waals surface area contributed by atoms with E-state index in [9.17, 15) is 4.79 Å². The van der Waals surface area contributed by atoms with Gasteiger partial charge in [0.1, 0.15) is 6.10 Å². The lowest BCUT2D eigenvalue weighted by Crippen LogP contribution is -2.25. The summed E-state index contributed by atoms with van der Waals surface area (Å²) in [6.07, 6.45) is -0.727. The van der Waals surface area contributed by atoms with Crippen molar-refractivity contribution in [1.29, 1.82) is 0 Å². The SMILES string of the molecule is CC(C)c1cccc(CN2C[C@H](CO)OC2=O)c1. The highest BCUT2D eigenvalue weighted by atomic mass is 16.6. The summed E-state index contributed by atoms with van der Waals surface area (Å²) in [7, 11) is 0. The summed E-state index contributed by atoms with van der Waals surface area (Å²) in [6.45, 7) is 5.17. The fourth-order valence-corrected chi connectivity index (χ4v) is 2.07. The fraction of sp³-hybridized carbons (Fsp3) is 0.500. The molecule has 0 spiro atoms. The highest BCUT2D eigenvalue weighted by Gasteiger charge is 2.30. The van der Waals surface area contributed by atoms with Crippen LogP contribution in [0.25, 0.3) is 0 Å². The molecule has 1 aromatic rings. The van der Waals surface area contributed by atoms with Gasteiger partial charge in [0.2, 0.25) is 0 Å². The molecule has 1 amide bonds. The van der Waals surface area contributed by atoms with E-state index in [2.05, 4.69) is 26.0 Å².